The van der Waals surface area contributed by atoms with E-state index in [4.69, 9.17) is 19.4 Å². The number of ether oxygens (including phenoxy) is 2. The molecular weight excluding hydrogens is 927 g/mol. The molecule has 17 nitrogen and oxygen atoms in total. The van der Waals surface area contributed by atoms with Gasteiger partial charge in [-0.2, -0.15) is 15.2 Å². The van der Waals surface area contributed by atoms with Crippen LogP contribution in [-0.2, 0) is 40.7 Å². The Kier molecular flexibility index (Phi) is 10.3. The second-order valence-corrected chi connectivity index (χ2v) is 20.3. The van der Waals surface area contributed by atoms with E-state index in [0.717, 1.165) is 36.6 Å². The number of nitrogens with zero attached hydrogens (tertiary/aromatic N) is 9. The molecule has 0 radical (unpaired) electrons. The first-order chi connectivity index (χ1) is 34.7. The number of rotatable bonds is 9. The maximum absolute atomic E-state index is 16.6. The number of halogens is 2. The van der Waals surface area contributed by atoms with Crippen LogP contribution in [0.2, 0.25) is 0 Å². The Bertz CT molecular complexity index is 3500. The van der Waals surface area contributed by atoms with Gasteiger partial charge in [0.05, 0.1) is 64.9 Å². The summed E-state index contributed by atoms with van der Waals surface area (Å²) in [6.45, 7) is 10.2. The first-order valence-electron chi connectivity index (χ1n) is 24.2. The molecule has 4 atom stereocenters. The number of methoxy groups -OCH3 is 1. The van der Waals surface area contributed by atoms with E-state index in [1.165, 1.54) is 18.2 Å². The van der Waals surface area contributed by atoms with Gasteiger partial charge in [-0.1, -0.05) is 6.07 Å². The van der Waals surface area contributed by atoms with Gasteiger partial charge >= 0.3 is 11.9 Å². The van der Waals surface area contributed by atoms with Crippen LogP contribution in [0.15, 0.2) is 83.8 Å². The van der Waals surface area contributed by atoms with Crippen LogP contribution in [0, 0.1) is 31.4 Å². The number of hydroxylamine groups is 1. The molecule has 2 aliphatic carbocycles. The number of carbonyl (C=O) groups excluding carboxylic acids is 4. The molecule has 19 heteroatoms. The maximum Gasteiger partial charge on any atom is 0.332 e. The predicted octanol–water partition coefficient (Wildman–Crippen LogP) is 7.80. The number of aliphatic imine (C=N–C) groups is 1. The molecule has 1 N–H and O–H groups in total. The van der Waals surface area contributed by atoms with Gasteiger partial charge in [0.2, 0.25) is 5.82 Å². The van der Waals surface area contributed by atoms with Gasteiger partial charge < -0.3 is 23.8 Å². The zero-order valence-corrected chi connectivity index (χ0v) is 40.5. The smallest absolute Gasteiger partial charge is 0.332 e. The topological polar surface area (TPSA) is 171 Å². The Morgan fingerprint density at radius 1 is 0.931 bits per heavy atom. The van der Waals surface area contributed by atoms with E-state index >= 15 is 13.6 Å². The van der Waals surface area contributed by atoms with Gasteiger partial charge in [0.1, 0.15) is 22.9 Å². The molecule has 3 aromatic heterocycles. The van der Waals surface area contributed by atoms with Crippen molar-refractivity contribution in [1.29, 1.82) is 0 Å². The number of carbonyl (C=O) groups is 2. The van der Waals surface area contributed by atoms with E-state index in [9.17, 15) is 14.4 Å². The summed E-state index contributed by atoms with van der Waals surface area (Å²) in [6, 6.07) is 14.2. The molecule has 72 heavy (non-hydrogen) atoms. The number of hydrogen-bond acceptors (Lipinski definition) is 13. The molecule has 0 unspecified atom stereocenters. The quantitative estimate of drug-likeness (QED) is 0.110. The van der Waals surface area contributed by atoms with Crippen molar-refractivity contribution in [1.82, 2.24) is 34.5 Å². The molecule has 368 valence electrons. The molecule has 3 aromatic carbocycles. The fraction of sp³-hybridized carbons (Fsp3) is 0.377. The fourth-order valence-electron chi connectivity index (χ4n) is 11.6. The molecule has 3 fully saturated rings. The molecule has 6 aromatic rings. The van der Waals surface area contributed by atoms with Crippen molar-refractivity contribution in [2.24, 2.45) is 10.9 Å². The van der Waals surface area contributed by atoms with E-state index in [1.54, 1.807) is 70.9 Å². The third-order valence-electron chi connectivity index (χ3n) is 15.3. The first kappa shape index (κ1) is 45.3. The van der Waals surface area contributed by atoms with Crippen LogP contribution in [0.1, 0.15) is 109 Å². The normalized spacial score (nSPS) is 23.2. The Hall–Kier alpha value is -7.85. The van der Waals surface area contributed by atoms with Gasteiger partial charge in [-0.3, -0.25) is 24.1 Å². The average Bonchev–Trinajstić information content (AvgIpc) is 3.93. The molecule has 12 rings (SSSR count). The lowest BCUT2D eigenvalue weighted by Crippen LogP contribution is -2.44. The van der Waals surface area contributed by atoms with Crippen LogP contribution >= 0.6 is 0 Å². The lowest BCUT2D eigenvalue weighted by molar-refractivity contribution is -0.142. The number of hydrogen-bond donors (Lipinski definition) is 1. The molecule has 2 saturated carbocycles. The van der Waals surface area contributed by atoms with Crippen molar-refractivity contribution in [3.8, 4) is 5.69 Å². The average molecular weight is 977 g/mol. The molecule has 6 aliphatic rings. The largest absolute Gasteiger partial charge is 0.469 e. The summed E-state index contributed by atoms with van der Waals surface area (Å²) in [5.74, 6) is 1.33. The molecule has 0 spiro atoms. The Morgan fingerprint density at radius 2 is 1.69 bits per heavy atom. The summed E-state index contributed by atoms with van der Waals surface area (Å²) < 4.78 is 48.5. The summed E-state index contributed by atoms with van der Waals surface area (Å²) in [4.78, 5) is 69.1. The lowest BCUT2D eigenvalue weighted by atomic mass is 9.83. The minimum absolute atomic E-state index is 0.0674. The van der Waals surface area contributed by atoms with Crippen molar-refractivity contribution in [2.45, 2.75) is 102 Å². The minimum atomic E-state index is -1.33. The lowest BCUT2D eigenvalue weighted by Gasteiger charge is -2.36. The number of nitrogens with one attached hydrogen (secondary N) is 1. The highest BCUT2D eigenvalue weighted by Crippen LogP contribution is 2.56. The van der Waals surface area contributed by atoms with Gasteiger partial charge in [-0.25, -0.2) is 28.5 Å². The monoisotopic (exact) mass is 976 g/mol. The SMILES string of the molecule is COC(=O)[C@H]1C[C@]1(C1=NC(=C=O)ON1)n1c(C(=O)N2CCc3nn(-c4cc(C)c(F)c(C)c4)c(N4C=CN(c5ccc6c(cnn6C6CC6)c5F)C4=C=O)c3[C@@H]2C)cc2cc([C@H]3CCOC(C)(C)C3)ccc21. The van der Waals surface area contributed by atoms with E-state index in [1.807, 2.05) is 34.4 Å². The second kappa shape index (κ2) is 16.3. The summed E-state index contributed by atoms with van der Waals surface area (Å²) in [5, 5.41) is 10.6. The zero-order valence-electron chi connectivity index (χ0n) is 40.5. The molecule has 4 aliphatic heterocycles. The summed E-state index contributed by atoms with van der Waals surface area (Å²) in [7, 11) is 1.29. The molecule has 1 saturated heterocycles. The van der Waals surface area contributed by atoms with Gasteiger partial charge in [0.25, 0.3) is 5.91 Å². The van der Waals surface area contributed by atoms with Crippen LogP contribution in [0.25, 0.3) is 27.5 Å². The van der Waals surface area contributed by atoms with E-state index in [0.29, 0.717) is 56.9 Å². The van der Waals surface area contributed by atoms with Crippen molar-refractivity contribution in [2.75, 3.05) is 30.1 Å². The molecule has 1 amide bonds. The second-order valence-electron chi connectivity index (χ2n) is 20.3. The Balaban J connectivity index is 0.987. The van der Waals surface area contributed by atoms with Crippen molar-refractivity contribution in [3.63, 3.8) is 0 Å². The maximum atomic E-state index is 16.6. The molecule has 7 heterocycles. The number of aryl methyl sites for hydroxylation is 2. The van der Waals surface area contributed by atoms with Gasteiger partial charge in [-0.05, 0) is 132 Å². The van der Waals surface area contributed by atoms with Crippen molar-refractivity contribution < 1.29 is 42.3 Å². The van der Waals surface area contributed by atoms with Crippen LogP contribution in [0.3, 0.4) is 0 Å². The van der Waals surface area contributed by atoms with Crippen molar-refractivity contribution in [3.05, 3.63) is 124 Å². The highest BCUT2D eigenvalue weighted by molar-refractivity contribution is 6.06. The summed E-state index contributed by atoms with van der Waals surface area (Å²) in [6.07, 6.45) is 8.69. The number of aromatic nitrogens is 5. The predicted molar refractivity (Wildman–Crippen MR) is 260 cm³/mol. The number of amides is 1. The minimum Gasteiger partial charge on any atom is -0.469 e. The molecular formula is C53H50F2N10O7. The van der Waals surface area contributed by atoms with Crippen LogP contribution in [-0.4, -0.2) is 84.5 Å². The number of amidine groups is 1. The van der Waals surface area contributed by atoms with Crippen LogP contribution in [0.4, 0.5) is 20.3 Å². The van der Waals surface area contributed by atoms with E-state index in [2.05, 4.69) is 41.4 Å². The van der Waals surface area contributed by atoms with Crippen LogP contribution < -0.4 is 15.3 Å². The highest BCUT2D eigenvalue weighted by atomic mass is 19.1. The standard InChI is InChI=1S/C53H50F2N10O7/c1-28-19-35(20-29(2)46(28)54)65-48(62-17-16-61(44(62)27-67)41-12-11-40-36(47(41)55)25-56-64(40)34-8-9-34)45-30(3)60(15-13-38(45)58-65)49(68)42-22-33-21-31(32-14-18-71-52(4,5)23-32)7-10-39(33)63(42)53(24-37(53)50(69)70-6)51-57-43(26-66)72-59-51/h7,10-12,16-17,19-22,25,30,32,34,37H,8-9,13-15,18,23-24H2,1-6H3,(H,57,59)/t30-,32-,37+,53-/m0/s1. The third kappa shape index (κ3) is 6.85. The number of anilines is 2. The van der Waals surface area contributed by atoms with E-state index < -0.39 is 35.2 Å². The van der Waals surface area contributed by atoms with Gasteiger partial charge in [-0.15, -0.1) is 0 Å². The van der Waals surface area contributed by atoms with Gasteiger partial charge in [0, 0.05) is 48.4 Å². The third-order valence-corrected chi connectivity index (χ3v) is 15.3. The Morgan fingerprint density at radius 3 is 2.40 bits per heavy atom. The first-order valence-corrected chi connectivity index (χ1v) is 24.2. The van der Waals surface area contributed by atoms with Crippen molar-refractivity contribution >= 4 is 62.9 Å². The summed E-state index contributed by atoms with van der Waals surface area (Å²) >= 11 is 0. The Labute approximate surface area is 411 Å². The number of benzene rings is 3. The highest BCUT2D eigenvalue weighted by Gasteiger charge is 2.67. The van der Waals surface area contributed by atoms with E-state index in [-0.39, 0.29) is 71.7 Å². The number of esters is 1. The summed E-state index contributed by atoms with van der Waals surface area (Å²) in [5.41, 5.74) is 6.27. The zero-order chi connectivity index (χ0) is 50.1. The number of fused-ring (bicyclic) bond motifs is 3. The van der Waals surface area contributed by atoms with Gasteiger partial charge in [0.15, 0.2) is 23.5 Å². The fourth-order valence-corrected chi connectivity index (χ4v) is 11.6. The molecule has 0 bridgehead atoms. The van der Waals surface area contributed by atoms with Crippen LogP contribution in [0.5, 0.6) is 0 Å².